The third-order valence-electron chi connectivity index (χ3n) is 4.16. The molecule has 0 saturated carbocycles. The Kier molecular flexibility index (Phi) is 6.70. The Hall–Kier alpha value is -0.560. The van der Waals surface area contributed by atoms with Gasteiger partial charge in [-0.15, -0.1) is 12.3 Å². The van der Waals surface area contributed by atoms with Crippen LogP contribution in [0.15, 0.2) is 0 Å². The van der Waals surface area contributed by atoms with E-state index in [1.807, 2.05) is 0 Å². The molecule has 2 atom stereocenters. The van der Waals surface area contributed by atoms with E-state index in [0.717, 1.165) is 52.1 Å². The summed E-state index contributed by atoms with van der Waals surface area (Å²) in [6.45, 7) is 11.5. The summed E-state index contributed by atoms with van der Waals surface area (Å²) < 4.78 is 5.46. The lowest BCUT2D eigenvalue weighted by Crippen LogP contribution is -2.61. The molecule has 0 amide bonds. The molecule has 0 aromatic carbocycles. The Morgan fingerprint density at radius 3 is 2.56 bits per heavy atom. The third kappa shape index (κ3) is 3.71. The van der Waals surface area contributed by atoms with Crippen LogP contribution in [0.1, 0.15) is 40.0 Å². The number of ether oxygens (including phenoxy) is 1. The summed E-state index contributed by atoms with van der Waals surface area (Å²) in [4.78, 5) is 2.54. The monoisotopic (exact) mass is 252 g/mol. The number of nitrogens with zero attached hydrogens (tertiary/aromatic N) is 1. The molecule has 1 N–H and O–H groups in total. The van der Waals surface area contributed by atoms with Crippen molar-refractivity contribution in [3.8, 4) is 12.3 Å². The highest BCUT2D eigenvalue weighted by atomic mass is 16.5. The molecule has 1 rings (SSSR count). The fraction of sp³-hybridized carbons (Fsp3) is 0.867. The Bertz CT molecular complexity index is 268. The first-order chi connectivity index (χ1) is 8.69. The van der Waals surface area contributed by atoms with Gasteiger partial charge >= 0.3 is 0 Å². The lowest BCUT2D eigenvalue weighted by molar-refractivity contribution is -0.0316. The molecule has 0 bridgehead atoms. The highest BCUT2D eigenvalue weighted by Crippen LogP contribution is 2.26. The van der Waals surface area contributed by atoms with Gasteiger partial charge in [-0.1, -0.05) is 13.8 Å². The number of hydrogen-bond donors (Lipinski definition) is 1. The Morgan fingerprint density at radius 2 is 2.06 bits per heavy atom. The van der Waals surface area contributed by atoms with E-state index in [-0.39, 0.29) is 5.54 Å². The number of rotatable bonds is 7. The minimum Gasteiger partial charge on any atom is -0.379 e. The molecule has 1 saturated heterocycles. The molecule has 0 aromatic heterocycles. The highest BCUT2D eigenvalue weighted by molar-refractivity contribution is 5.03. The minimum absolute atomic E-state index is 0.130. The van der Waals surface area contributed by atoms with Crippen LogP contribution in [0.3, 0.4) is 0 Å². The van der Waals surface area contributed by atoms with Gasteiger partial charge in [0.05, 0.1) is 13.2 Å². The second-order valence-corrected chi connectivity index (χ2v) is 5.23. The highest BCUT2D eigenvalue weighted by Gasteiger charge is 2.38. The largest absolute Gasteiger partial charge is 0.379 e. The van der Waals surface area contributed by atoms with E-state index in [4.69, 9.17) is 11.2 Å². The molecule has 0 radical (unpaired) electrons. The van der Waals surface area contributed by atoms with Crippen LogP contribution in [-0.2, 0) is 4.74 Å². The zero-order valence-corrected chi connectivity index (χ0v) is 12.2. The Morgan fingerprint density at radius 1 is 1.39 bits per heavy atom. The van der Waals surface area contributed by atoms with Crippen LogP contribution in [0.2, 0.25) is 0 Å². The average Bonchev–Trinajstić information content (AvgIpc) is 2.43. The van der Waals surface area contributed by atoms with Crippen molar-refractivity contribution >= 4 is 0 Å². The molecule has 0 aliphatic carbocycles. The summed E-state index contributed by atoms with van der Waals surface area (Å²) >= 11 is 0. The Labute approximate surface area is 112 Å². The van der Waals surface area contributed by atoms with Crippen LogP contribution in [0.5, 0.6) is 0 Å². The van der Waals surface area contributed by atoms with Crippen LogP contribution in [0, 0.1) is 12.3 Å². The maximum absolute atomic E-state index is 5.55. The van der Waals surface area contributed by atoms with Gasteiger partial charge in [-0.05, 0) is 26.3 Å². The molecule has 1 heterocycles. The van der Waals surface area contributed by atoms with Crippen molar-refractivity contribution in [2.45, 2.75) is 51.6 Å². The predicted molar refractivity (Wildman–Crippen MR) is 76.6 cm³/mol. The van der Waals surface area contributed by atoms with Crippen molar-refractivity contribution in [1.82, 2.24) is 10.2 Å². The smallest absolute Gasteiger partial charge is 0.0594 e. The fourth-order valence-electron chi connectivity index (χ4n) is 2.71. The first kappa shape index (κ1) is 15.5. The van der Waals surface area contributed by atoms with Gasteiger partial charge in [-0.3, -0.25) is 4.90 Å². The number of terminal acetylenes is 1. The third-order valence-corrected chi connectivity index (χ3v) is 4.16. The van der Waals surface area contributed by atoms with E-state index >= 15 is 0 Å². The van der Waals surface area contributed by atoms with Crippen molar-refractivity contribution < 1.29 is 4.74 Å². The van der Waals surface area contributed by atoms with Gasteiger partial charge in [0.1, 0.15) is 0 Å². The molecule has 0 spiro atoms. The minimum atomic E-state index is 0.130. The summed E-state index contributed by atoms with van der Waals surface area (Å²) in [5.41, 5.74) is 0.130. The molecule has 18 heavy (non-hydrogen) atoms. The number of morpholine rings is 1. The molecule has 3 heteroatoms. The van der Waals surface area contributed by atoms with Crippen molar-refractivity contribution in [3.05, 3.63) is 0 Å². The molecule has 3 nitrogen and oxygen atoms in total. The van der Waals surface area contributed by atoms with Crippen molar-refractivity contribution in [3.63, 3.8) is 0 Å². The molecular formula is C15H28N2O. The normalized spacial score (nSPS) is 22.1. The van der Waals surface area contributed by atoms with Gasteiger partial charge in [-0.2, -0.15) is 0 Å². The molecule has 104 valence electrons. The average molecular weight is 252 g/mol. The predicted octanol–water partition coefficient (Wildman–Crippen LogP) is 1.88. The van der Waals surface area contributed by atoms with Gasteiger partial charge in [0.25, 0.3) is 0 Å². The summed E-state index contributed by atoms with van der Waals surface area (Å²) in [5.74, 6) is 2.84. The maximum atomic E-state index is 5.55. The topological polar surface area (TPSA) is 24.5 Å². The lowest BCUT2D eigenvalue weighted by Gasteiger charge is -2.47. The number of nitrogens with one attached hydrogen (secondary N) is 1. The summed E-state index contributed by atoms with van der Waals surface area (Å²) in [5, 5.41) is 3.63. The zero-order chi connectivity index (χ0) is 13.4. The van der Waals surface area contributed by atoms with E-state index in [9.17, 15) is 0 Å². The van der Waals surface area contributed by atoms with Gasteiger partial charge in [0, 0.05) is 31.1 Å². The van der Waals surface area contributed by atoms with Crippen molar-refractivity contribution in [1.29, 1.82) is 0 Å². The molecule has 1 fully saturated rings. The van der Waals surface area contributed by atoms with Gasteiger partial charge < -0.3 is 10.1 Å². The SMILES string of the molecule is C#CCC(NCCC)C(C)(CC)N1CCOCC1. The van der Waals surface area contributed by atoms with Gasteiger partial charge in [0.2, 0.25) is 0 Å². The second kappa shape index (κ2) is 7.78. The van der Waals surface area contributed by atoms with Crippen LogP contribution >= 0.6 is 0 Å². The summed E-state index contributed by atoms with van der Waals surface area (Å²) in [6, 6.07) is 0.366. The van der Waals surface area contributed by atoms with E-state index in [0.29, 0.717) is 6.04 Å². The first-order valence-corrected chi connectivity index (χ1v) is 7.18. The number of hydrogen-bond acceptors (Lipinski definition) is 3. The van der Waals surface area contributed by atoms with Gasteiger partial charge in [0.15, 0.2) is 0 Å². The summed E-state index contributed by atoms with van der Waals surface area (Å²) in [6.07, 6.45) is 8.59. The molecule has 1 aliphatic heterocycles. The van der Waals surface area contributed by atoms with E-state index in [1.165, 1.54) is 0 Å². The van der Waals surface area contributed by atoms with Crippen LogP contribution in [0.25, 0.3) is 0 Å². The van der Waals surface area contributed by atoms with E-state index < -0.39 is 0 Å². The Balaban J connectivity index is 2.75. The van der Waals surface area contributed by atoms with Crippen molar-refractivity contribution in [2.75, 3.05) is 32.8 Å². The van der Waals surface area contributed by atoms with E-state index in [2.05, 4.69) is 36.9 Å². The van der Waals surface area contributed by atoms with Crippen molar-refractivity contribution in [2.24, 2.45) is 0 Å². The van der Waals surface area contributed by atoms with Crippen LogP contribution in [-0.4, -0.2) is 49.3 Å². The lowest BCUT2D eigenvalue weighted by atomic mass is 9.85. The molecular weight excluding hydrogens is 224 g/mol. The molecule has 1 aliphatic rings. The first-order valence-electron chi connectivity index (χ1n) is 7.18. The standard InChI is InChI=1S/C15H28N2O/c1-5-8-14(16-9-6-2)15(4,7-3)17-10-12-18-13-11-17/h1,14,16H,6-13H2,2-4H3. The zero-order valence-electron chi connectivity index (χ0n) is 12.2. The quantitative estimate of drug-likeness (QED) is 0.700. The maximum Gasteiger partial charge on any atom is 0.0594 e. The molecule has 2 unspecified atom stereocenters. The fourth-order valence-corrected chi connectivity index (χ4v) is 2.71. The molecule has 0 aromatic rings. The van der Waals surface area contributed by atoms with Gasteiger partial charge in [-0.25, -0.2) is 0 Å². The second-order valence-electron chi connectivity index (χ2n) is 5.23. The van der Waals surface area contributed by atoms with E-state index in [1.54, 1.807) is 0 Å². The van der Waals surface area contributed by atoms with Crippen LogP contribution in [0.4, 0.5) is 0 Å². The van der Waals surface area contributed by atoms with Crippen LogP contribution < -0.4 is 5.32 Å². The summed E-state index contributed by atoms with van der Waals surface area (Å²) in [7, 11) is 0.